The van der Waals surface area contributed by atoms with Gasteiger partial charge in [-0.1, -0.05) is 97.1 Å². The first-order valence-corrected chi connectivity index (χ1v) is 15.5. The minimum atomic E-state index is -1.31. The van der Waals surface area contributed by atoms with E-state index in [1.54, 1.807) is 6.08 Å². The standard InChI is InChI=1S/C36H44O9/c1-4-20-39-32-29(37)36(44-25(3)30(32)40-21-26-14-8-5-9-15-26)45-33-31(41-22-27-16-10-6-11-17-27)24(2)43-35(38)34(33)42-23-28-18-12-7-13-19-28/h4-19,24-25,29-38H,1,20-23H2,2-3H3/t24-,25-,29-,30-,31-,32-,33+,34+,35+,36-/m1/s1. The number of benzene rings is 3. The third-order valence-corrected chi connectivity index (χ3v) is 8.05. The van der Waals surface area contributed by atoms with E-state index in [2.05, 4.69) is 6.58 Å². The van der Waals surface area contributed by atoms with Crippen molar-refractivity contribution in [1.82, 2.24) is 0 Å². The molecule has 0 unspecified atom stereocenters. The van der Waals surface area contributed by atoms with Gasteiger partial charge >= 0.3 is 0 Å². The first-order chi connectivity index (χ1) is 21.9. The van der Waals surface area contributed by atoms with Gasteiger partial charge in [0.2, 0.25) is 0 Å². The fraction of sp³-hybridized carbons (Fsp3) is 0.444. The van der Waals surface area contributed by atoms with Gasteiger partial charge in [-0.15, -0.1) is 6.58 Å². The van der Waals surface area contributed by atoms with E-state index in [0.717, 1.165) is 16.7 Å². The molecule has 2 N–H and O–H groups in total. The van der Waals surface area contributed by atoms with Crippen molar-refractivity contribution in [1.29, 1.82) is 0 Å². The minimum absolute atomic E-state index is 0.199. The molecule has 2 fully saturated rings. The fourth-order valence-electron chi connectivity index (χ4n) is 5.71. The zero-order chi connectivity index (χ0) is 31.6. The highest BCUT2D eigenvalue weighted by Gasteiger charge is 2.51. The molecule has 0 amide bonds. The molecule has 0 radical (unpaired) electrons. The van der Waals surface area contributed by atoms with E-state index in [0.29, 0.717) is 6.61 Å². The topological polar surface area (TPSA) is 105 Å². The van der Waals surface area contributed by atoms with E-state index in [9.17, 15) is 10.2 Å². The summed E-state index contributed by atoms with van der Waals surface area (Å²) in [5, 5.41) is 22.7. The highest BCUT2D eigenvalue weighted by atomic mass is 16.7. The van der Waals surface area contributed by atoms with E-state index >= 15 is 0 Å². The maximum atomic E-state index is 11.6. The SMILES string of the molecule is C=CCO[C@@H]1[C@@H](O)[C@@H](O[C@H]2[C@H](OCc3ccccc3)[C@@H](C)O[C@H](O)[C@H]2OCc2ccccc2)O[C@H](C)[C@H]1OCc1ccccc1. The monoisotopic (exact) mass is 620 g/mol. The molecule has 0 aliphatic carbocycles. The summed E-state index contributed by atoms with van der Waals surface area (Å²) in [4.78, 5) is 0. The van der Waals surface area contributed by atoms with Gasteiger partial charge in [-0.2, -0.15) is 0 Å². The summed E-state index contributed by atoms with van der Waals surface area (Å²) >= 11 is 0. The van der Waals surface area contributed by atoms with Crippen molar-refractivity contribution in [3.63, 3.8) is 0 Å². The zero-order valence-corrected chi connectivity index (χ0v) is 25.8. The molecule has 3 aromatic carbocycles. The Morgan fingerprint density at radius 2 is 1.04 bits per heavy atom. The average molecular weight is 621 g/mol. The van der Waals surface area contributed by atoms with Crippen LogP contribution in [0.3, 0.4) is 0 Å². The van der Waals surface area contributed by atoms with Gasteiger partial charge in [-0.25, -0.2) is 0 Å². The highest BCUT2D eigenvalue weighted by molar-refractivity contribution is 5.15. The van der Waals surface area contributed by atoms with Gasteiger partial charge in [0.15, 0.2) is 12.6 Å². The van der Waals surface area contributed by atoms with Crippen LogP contribution in [0, 0.1) is 0 Å². The molecule has 2 aliphatic heterocycles. The Morgan fingerprint density at radius 3 is 1.53 bits per heavy atom. The van der Waals surface area contributed by atoms with Crippen molar-refractivity contribution in [2.45, 2.75) is 95.1 Å². The van der Waals surface area contributed by atoms with Crippen molar-refractivity contribution in [3.05, 3.63) is 120 Å². The lowest BCUT2D eigenvalue weighted by Gasteiger charge is -2.48. The van der Waals surface area contributed by atoms with Crippen LogP contribution in [0.1, 0.15) is 30.5 Å². The van der Waals surface area contributed by atoms with Crippen LogP contribution in [0.15, 0.2) is 104 Å². The molecular formula is C36H44O9. The predicted molar refractivity (Wildman–Crippen MR) is 167 cm³/mol. The molecule has 9 heteroatoms. The minimum Gasteiger partial charge on any atom is -0.385 e. The van der Waals surface area contributed by atoms with Crippen LogP contribution in [-0.2, 0) is 53.0 Å². The molecule has 2 heterocycles. The first kappa shape index (κ1) is 33.4. The maximum absolute atomic E-state index is 11.6. The number of hydrogen-bond donors (Lipinski definition) is 2. The molecule has 242 valence electrons. The van der Waals surface area contributed by atoms with Gasteiger partial charge in [0.1, 0.15) is 36.6 Å². The van der Waals surface area contributed by atoms with E-state index in [-0.39, 0.29) is 19.8 Å². The number of hydrogen-bond acceptors (Lipinski definition) is 9. The summed E-state index contributed by atoms with van der Waals surface area (Å²) in [6, 6.07) is 29.2. The largest absolute Gasteiger partial charge is 0.385 e. The summed E-state index contributed by atoms with van der Waals surface area (Å²) in [7, 11) is 0. The van der Waals surface area contributed by atoms with Gasteiger partial charge in [0.25, 0.3) is 0 Å². The summed E-state index contributed by atoms with van der Waals surface area (Å²) < 4.78 is 43.6. The molecule has 0 spiro atoms. The van der Waals surface area contributed by atoms with Crippen molar-refractivity contribution in [2.75, 3.05) is 6.61 Å². The molecular weight excluding hydrogens is 576 g/mol. The molecule has 0 aromatic heterocycles. The van der Waals surface area contributed by atoms with E-state index in [1.165, 1.54) is 0 Å². The van der Waals surface area contributed by atoms with Gasteiger partial charge < -0.3 is 43.4 Å². The Kier molecular flexibility index (Phi) is 12.3. The van der Waals surface area contributed by atoms with Crippen molar-refractivity contribution in [3.8, 4) is 0 Å². The Hall–Kier alpha value is -2.96. The molecule has 0 saturated carbocycles. The molecule has 45 heavy (non-hydrogen) atoms. The molecule has 0 bridgehead atoms. The van der Waals surface area contributed by atoms with E-state index in [1.807, 2.05) is 105 Å². The normalized spacial score (nSPS) is 31.8. The van der Waals surface area contributed by atoms with Crippen LogP contribution in [0.4, 0.5) is 0 Å². The van der Waals surface area contributed by atoms with E-state index in [4.69, 9.17) is 33.2 Å². The second kappa shape index (κ2) is 16.6. The van der Waals surface area contributed by atoms with Crippen molar-refractivity contribution >= 4 is 0 Å². The van der Waals surface area contributed by atoms with Gasteiger partial charge in [-0.05, 0) is 30.5 Å². The summed E-state index contributed by atoms with van der Waals surface area (Å²) in [5.41, 5.74) is 2.87. The zero-order valence-electron chi connectivity index (χ0n) is 25.8. The molecule has 3 aromatic rings. The number of aliphatic hydroxyl groups is 2. The lowest BCUT2D eigenvalue weighted by atomic mass is 9.96. The van der Waals surface area contributed by atoms with Gasteiger partial charge in [0.05, 0.1) is 38.6 Å². The third-order valence-electron chi connectivity index (χ3n) is 8.05. The molecule has 10 atom stereocenters. The molecule has 5 rings (SSSR count). The van der Waals surface area contributed by atoms with Crippen LogP contribution in [0.5, 0.6) is 0 Å². The smallest absolute Gasteiger partial charge is 0.187 e. The second-order valence-corrected chi connectivity index (χ2v) is 11.4. The molecule has 2 aliphatic rings. The lowest BCUT2D eigenvalue weighted by Crippen LogP contribution is -2.64. The summed E-state index contributed by atoms with van der Waals surface area (Å²) in [6.07, 6.45) is -6.99. The Labute approximate surface area is 265 Å². The quantitative estimate of drug-likeness (QED) is 0.251. The van der Waals surface area contributed by atoms with Crippen molar-refractivity contribution < 1.29 is 43.4 Å². The Balaban J connectivity index is 1.36. The number of ether oxygens (including phenoxy) is 7. The summed E-state index contributed by atoms with van der Waals surface area (Å²) in [5.74, 6) is 0. The van der Waals surface area contributed by atoms with Crippen molar-refractivity contribution in [2.24, 2.45) is 0 Å². The molecule has 2 saturated heterocycles. The second-order valence-electron chi connectivity index (χ2n) is 11.4. The van der Waals surface area contributed by atoms with Crippen LogP contribution in [0.2, 0.25) is 0 Å². The predicted octanol–water partition coefficient (Wildman–Crippen LogP) is 4.54. The number of rotatable bonds is 14. The van der Waals surface area contributed by atoms with Gasteiger partial charge in [0, 0.05) is 0 Å². The van der Waals surface area contributed by atoms with Crippen LogP contribution in [-0.4, -0.2) is 78.2 Å². The van der Waals surface area contributed by atoms with E-state index < -0.39 is 61.4 Å². The third kappa shape index (κ3) is 8.86. The average Bonchev–Trinajstić information content (AvgIpc) is 3.06. The highest BCUT2D eigenvalue weighted by Crippen LogP contribution is 2.34. The summed E-state index contributed by atoms with van der Waals surface area (Å²) in [6.45, 7) is 8.44. The number of aliphatic hydroxyl groups excluding tert-OH is 2. The van der Waals surface area contributed by atoms with Crippen LogP contribution >= 0.6 is 0 Å². The lowest BCUT2D eigenvalue weighted by molar-refractivity contribution is -0.363. The first-order valence-electron chi connectivity index (χ1n) is 15.5. The van der Waals surface area contributed by atoms with Crippen LogP contribution < -0.4 is 0 Å². The van der Waals surface area contributed by atoms with Gasteiger partial charge in [-0.3, -0.25) is 0 Å². The Bertz CT molecular complexity index is 1220. The molecule has 9 nitrogen and oxygen atoms in total. The maximum Gasteiger partial charge on any atom is 0.187 e. The van der Waals surface area contributed by atoms with Crippen LogP contribution in [0.25, 0.3) is 0 Å². The fourth-order valence-corrected chi connectivity index (χ4v) is 5.71. The Morgan fingerprint density at radius 1 is 0.600 bits per heavy atom.